The summed E-state index contributed by atoms with van der Waals surface area (Å²) in [4.78, 5) is 34.4. The first-order chi connectivity index (χ1) is 18.5. The van der Waals surface area contributed by atoms with E-state index in [4.69, 9.17) is 9.73 Å². The molecule has 2 saturated heterocycles. The topological polar surface area (TPSA) is 130 Å². The second-order valence-electron chi connectivity index (χ2n) is 11.7. The summed E-state index contributed by atoms with van der Waals surface area (Å²) in [5, 5.41) is 25.2. The van der Waals surface area contributed by atoms with E-state index in [9.17, 15) is 20.0 Å². The number of rotatable bonds is 7. The van der Waals surface area contributed by atoms with E-state index < -0.39 is 17.7 Å². The van der Waals surface area contributed by atoms with Crippen LogP contribution in [0.2, 0.25) is 0 Å². The summed E-state index contributed by atoms with van der Waals surface area (Å²) < 4.78 is 5.42. The van der Waals surface area contributed by atoms with Gasteiger partial charge in [-0.25, -0.2) is 9.79 Å². The van der Waals surface area contributed by atoms with Crippen molar-refractivity contribution in [3.63, 3.8) is 0 Å². The molecule has 2 aliphatic carbocycles. The average Bonchev–Trinajstić information content (AvgIpc) is 2.95. The van der Waals surface area contributed by atoms with Gasteiger partial charge in [0.2, 0.25) is 11.9 Å². The van der Waals surface area contributed by atoms with Gasteiger partial charge in [0.25, 0.3) is 0 Å². The molecule has 1 unspecified atom stereocenters. The molecule has 10 heteroatoms. The van der Waals surface area contributed by atoms with Crippen LogP contribution in [-0.4, -0.2) is 90.4 Å². The second-order valence-corrected chi connectivity index (χ2v) is 11.7. The van der Waals surface area contributed by atoms with Crippen LogP contribution in [0.25, 0.3) is 0 Å². The zero-order chi connectivity index (χ0) is 26.8. The highest BCUT2D eigenvalue weighted by atomic mass is 16.5. The summed E-state index contributed by atoms with van der Waals surface area (Å²) in [5.41, 5.74) is -0.903. The van der Waals surface area contributed by atoms with Crippen molar-refractivity contribution in [2.75, 3.05) is 45.9 Å². The van der Waals surface area contributed by atoms with Gasteiger partial charge in [-0.3, -0.25) is 10.1 Å². The SMILES string of the molecule is N#CC1(NC(=O)C(CC2CCCCC2)N=C(NC(=O)O)N2CCOCC2)CCN(CC2CCCCC2)CC1. The molecule has 4 fully saturated rings. The van der Waals surface area contributed by atoms with Crippen LogP contribution >= 0.6 is 0 Å². The molecule has 2 aliphatic heterocycles. The molecule has 38 heavy (non-hydrogen) atoms. The first-order valence-corrected chi connectivity index (χ1v) is 14.8. The summed E-state index contributed by atoms with van der Waals surface area (Å²) in [6, 6.07) is 1.69. The first-order valence-electron chi connectivity index (χ1n) is 14.8. The van der Waals surface area contributed by atoms with Gasteiger partial charge in [0.1, 0.15) is 11.6 Å². The fourth-order valence-electron chi connectivity index (χ4n) is 6.60. The Balaban J connectivity index is 1.45. The van der Waals surface area contributed by atoms with Crippen LogP contribution in [0.5, 0.6) is 0 Å². The lowest BCUT2D eigenvalue weighted by molar-refractivity contribution is -0.124. The fraction of sp³-hybridized carbons (Fsp3) is 0.857. The molecule has 2 amide bonds. The molecule has 0 bridgehead atoms. The zero-order valence-corrected chi connectivity index (χ0v) is 22.8. The number of nitrogens with zero attached hydrogens (tertiary/aromatic N) is 4. The number of carbonyl (C=O) groups excluding carboxylic acids is 1. The molecule has 0 aromatic rings. The molecule has 0 aromatic heterocycles. The van der Waals surface area contributed by atoms with Gasteiger partial charge in [0.05, 0.1) is 19.3 Å². The van der Waals surface area contributed by atoms with Crippen LogP contribution in [0, 0.1) is 23.2 Å². The fourth-order valence-corrected chi connectivity index (χ4v) is 6.60. The molecule has 1 atom stereocenters. The number of carboxylic acid groups (broad SMARTS) is 1. The standard InChI is InChI=1S/C28H46N6O4/c29-21-28(11-13-33(14-12-28)20-23-9-5-2-6-10-23)32-25(35)24(19-22-7-3-1-4-8-22)30-26(31-27(36)37)34-15-17-38-18-16-34/h22-24H,1-20H2,(H,30,31)(H,32,35)(H,36,37). The average molecular weight is 531 g/mol. The van der Waals surface area contributed by atoms with Crippen LogP contribution in [0.15, 0.2) is 4.99 Å². The van der Waals surface area contributed by atoms with Crippen LogP contribution in [-0.2, 0) is 9.53 Å². The summed E-state index contributed by atoms with van der Waals surface area (Å²) in [6.45, 7) is 4.68. The summed E-state index contributed by atoms with van der Waals surface area (Å²) in [7, 11) is 0. The molecule has 0 radical (unpaired) electrons. The highest BCUT2D eigenvalue weighted by Gasteiger charge is 2.39. The van der Waals surface area contributed by atoms with E-state index in [2.05, 4.69) is 21.6 Å². The summed E-state index contributed by atoms with van der Waals surface area (Å²) in [5.74, 6) is 1.05. The molecule has 2 heterocycles. The van der Waals surface area contributed by atoms with Crippen LogP contribution in [0.4, 0.5) is 4.79 Å². The minimum Gasteiger partial charge on any atom is -0.465 e. The van der Waals surface area contributed by atoms with Crippen LogP contribution in [0.3, 0.4) is 0 Å². The summed E-state index contributed by atoms with van der Waals surface area (Å²) >= 11 is 0. The number of hydrogen-bond donors (Lipinski definition) is 3. The number of nitrogens with one attached hydrogen (secondary N) is 2. The van der Waals surface area contributed by atoms with Crippen molar-refractivity contribution in [1.82, 2.24) is 20.4 Å². The number of morpholine rings is 1. The lowest BCUT2D eigenvalue weighted by Gasteiger charge is -2.40. The van der Waals surface area contributed by atoms with E-state index in [0.29, 0.717) is 51.5 Å². The van der Waals surface area contributed by atoms with Crippen molar-refractivity contribution in [1.29, 1.82) is 5.26 Å². The Bertz CT molecular complexity index is 848. The van der Waals surface area contributed by atoms with Gasteiger partial charge in [-0.1, -0.05) is 51.4 Å². The van der Waals surface area contributed by atoms with Gasteiger partial charge in [-0.05, 0) is 43.9 Å². The number of carbonyl (C=O) groups is 2. The van der Waals surface area contributed by atoms with Gasteiger partial charge in [-0.2, -0.15) is 5.26 Å². The van der Waals surface area contributed by atoms with Crippen LogP contribution < -0.4 is 10.6 Å². The van der Waals surface area contributed by atoms with Gasteiger partial charge in [-0.15, -0.1) is 0 Å². The number of piperidine rings is 1. The monoisotopic (exact) mass is 530 g/mol. The maximum absolute atomic E-state index is 13.8. The van der Waals surface area contributed by atoms with E-state index >= 15 is 0 Å². The minimum absolute atomic E-state index is 0.199. The Kier molecular flexibility index (Phi) is 10.6. The largest absolute Gasteiger partial charge is 0.465 e. The van der Waals surface area contributed by atoms with E-state index in [1.165, 1.54) is 38.5 Å². The molecule has 212 valence electrons. The number of aliphatic imine (C=N–C) groups is 1. The molecule has 3 N–H and O–H groups in total. The van der Waals surface area contributed by atoms with Gasteiger partial charge in [0, 0.05) is 32.7 Å². The first kappa shape index (κ1) is 28.6. The summed E-state index contributed by atoms with van der Waals surface area (Å²) in [6.07, 6.45) is 12.8. The lowest BCUT2D eigenvalue weighted by atomic mass is 9.83. The highest BCUT2D eigenvalue weighted by Crippen LogP contribution is 2.30. The van der Waals surface area contributed by atoms with E-state index in [-0.39, 0.29) is 11.9 Å². The Morgan fingerprint density at radius 1 is 0.974 bits per heavy atom. The predicted molar refractivity (Wildman–Crippen MR) is 145 cm³/mol. The maximum atomic E-state index is 13.8. The molecule has 2 saturated carbocycles. The third-order valence-corrected chi connectivity index (χ3v) is 8.92. The van der Waals surface area contributed by atoms with E-state index in [1.54, 1.807) is 0 Å². The molecule has 4 aliphatic rings. The van der Waals surface area contributed by atoms with E-state index in [0.717, 1.165) is 51.2 Å². The quantitative estimate of drug-likeness (QED) is 0.340. The van der Waals surface area contributed by atoms with Crippen molar-refractivity contribution < 1.29 is 19.4 Å². The van der Waals surface area contributed by atoms with Crippen molar-refractivity contribution in [2.24, 2.45) is 16.8 Å². The normalized spacial score (nSPS) is 24.8. The lowest BCUT2D eigenvalue weighted by Crippen LogP contribution is -2.57. The van der Waals surface area contributed by atoms with Gasteiger partial charge in [0.15, 0.2) is 0 Å². The number of ether oxygens (including phenoxy) is 1. The Morgan fingerprint density at radius 3 is 2.16 bits per heavy atom. The molecule has 10 nitrogen and oxygen atoms in total. The molecule has 0 spiro atoms. The van der Waals surface area contributed by atoms with E-state index in [1.807, 2.05) is 4.90 Å². The number of nitriles is 1. The highest BCUT2D eigenvalue weighted by molar-refractivity contribution is 5.95. The molecular formula is C28H46N6O4. The second kappa shape index (κ2) is 14.1. The molecule has 4 rings (SSSR count). The van der Waals surface area contributed by atoms with Crippen molar-refractivity contribution in [3.8, 4) is 6.07 Å². The number of amides is 2. The number of guanidine groups is 1. The van der Waals surface area contributed by atoms with Crippen LogP contribution in [0.1, 0.15) is 83.5 Å². The van der Waals surface area contributed by atoms with Crippen molar-refractivity contribution in [3.05, 3.63) is 0 Å². The molecule has 0 aromatic carbocycles. The predicted octanol–water partition coefficient (Wildman–Crippen LogP) is 3.34. The Labute approximate surface area is 227 Å². The smallest absolute Gasteiger partial charge is 0.411 e. The maximum Gasteiger partial charge on any atom is 0.411 e. The third-order valence-electron chi connectivity index (χ3n) is 8.92. The Morgan fingerprint density at radius 2 is 1.58 bits per heavy atom. The minimum atomic E-state index is -1.20. The van der Waals surface area contributed by atoms with Gasteiger partial charge < -0.3 is 25.0 Å². The molecular weight excluding hydrogens is 484 g/mol. The van der Waals surface area contributed by atoms with Crippen molar-refractivity contribution in [2.45, 2.75) is 95.1 Å². The van der Waals surface area contributed by atoms with Crippen molar-refractivity contribution >= 4 is 18.0 Å². The Hall–Kier alpha value is -2.38. The zero-order valence-electron chi connectivity index (χ0n) is 22.8. The number of likely N-dealkylation sites (tertiary alicyclic amines) is 1. The van der Waals surface area contributed by atoms with Gasteiger partial charge >= 0.3 is 6.09 Å². The number of hydrogen-bond acceptors (Lipinski definition) is 6. The third kappa shape index (κ3) is 8.31.